The van der Waals surface area contributed by atoms with Gasteiger partial charge in [-0.15, -0.1) is 0 Å². The molecule has 0 radical (unpaired) electrons. The first-order valence-corrected chi connectivity index (χ1v) is 8.53. The van der Waals surface area contributed by atoms with Gasteiger partial charge in [0, 0.05) is 22.3 Å². The Bertz CT molecular complexity index is 1170. The second-order valence-electron chi connectivity index (χ2n) is 6.40. The number of benzene rings is 3. The summed E-state index contributed by atoms with van der Waals surface area (Å²) >= 11 is 0. The van der Waals surface area contributed by atoms with Gasteiger partial charge in [-0.05, 0) is 30.7 Å². The minimum Gasteiger partial charge on any atom is -0.366 e. The summed E-state index contributed by atoms with van der Waals surface area (Å²) in [7, 11) is 0. The number of aryl methyl sites for hydroxylation is 1. The van der Waals surface area contributed by atoms with E-state index in [1.165, 1.54) is 0 Å². The molecule has 1 aromatic heterocycles. The molecule has 5 heteroatoms. The first kappa shape index (κ1) is 16.7. The molecule has 0 spiro atoms. The Morgan fingerprint density at radius 3 is 2.33 bits per heavy atom. The number of ketones is 1. The number of hydrogen-bond donors (Lipinski definition) is 2. The Kier molecular flexibility index (Phi) is 4.05. The molecule has 0 fully saturated rings. The number of nitrogens with two attached hydrogens (primary N) is 1. The lowest BCUT2D eigenvalue weighted by atomic mass is 9.98. The first-order valence-electron chi connectivity index (χ1n) is 8.53. The van der Waals surface area contributed by atoms with Gasteiger partial charge in [-0.3, -0.25) is 9.59 Å². The summed E-state index contributed by atoms with van der Waals surface area (Å²) < 4.78 is 0. The third kappa shape index (κ3) is 3.11. The van der Waals surface area contributed by atoms with Gasteiger partial charge in [-0.1, -0.05) is 48.5 Å². The van der Waals surface area contributed by atoms with Crippen LogP contribution in [0.1, 0.15) is 31.8 Å². The van der Waals surface area contributed by atoms with E-state index in [1.54, 1.807) is 30.3 Å². The number of nitrogens with one attached hydrogen (secondary N) is 1. The van der Waals surface area contributed by atoms with Crippen molar-refractivity contribution in [1.82, 2.24) is 9.97 Å². The first-order chi connectivity index (χ1) is 13.0. The normalized spacial score (nSPS) is 10.9. The Morgan fingerprint density at radius 1 is 0.926 bits per heavy atom. The van der Waals surface area contributed by atoms with Crippen LogP contribution in [0.4, 0.5) is 0 Å². The molecule has 1 amide bonds. The third-order valence-corrected chi connectivity index (χ3v) is 4.58. The summed E-state index contributed by atoms with van der Waals surface area (Å²) in [4.78, 5) is 31.7. The summed E-state index contributed by atoms with van der Waals surface area (Å²) in [6.45, 7) is 1.93. The molecule has 0 aliphatic carbocycles. The summed E-state index contributed by atoms with van der Waals surface area (Å²) in [6, 6.07) is 19.9. The predicted octanol–water partition coefficient (Wildman–Crippen LogP) is 3.87. The topological polar surface area (TPSA) is 88.8 Å². The van der Waals surface area contributed by atoms with Gasteiger partial charge < -0.3 is 10.7 Å². The number of H-pyrrole nitrogens is 1. The number of amides is 1. The Labute approximate surface area is 155 Å². The number of fused-ring (bicyclic) bond motifs is 1. The average Bonchev–Trinajstić information content (AvgIpc) is 3.11. The average molecular weight is 355 g/mol. The highest BCUT2D eigenvalue weighted by atomic mass is 16.1. The van der Waals surface area contributed by atoms with Crippen molar-refractivity contribution < 1.29 is 9.59 Å². The van der Waals surface area contributed by atoms with Crippen LogP contribution in [0, 0.1) is 6.92 Å². The molecule has 5 nitrogen and oxygen atoms in total. The maximum atomic E-state index is 12.7. The van der Waals surface area contributed by atoms with E-state index in [-0.39, 0.29) is 5.78 Å². The van der Waals surface area contributed by atoms with E-state index in [0.29, 0.717) is 22.5 Å². The number of hydrogen-bond acceptors (Lipinski definition) is 3. The standard InChI is InChI=1S/C22H17N3O2/c1-13-4-2-3-5-17(13)20(26)14-6-8-15(9-7-14)22-24-18-11-10-16(21(23)27)12-19(18)25-22/h2-12H,1H3,(H2,23,27)(H,24,25). The fourth-order valence-electron chi connectivity index (χ4n) is 3.06. The summed E-state index contributed by atoms with van der Waals surface area (Å²) in [6.07, 6.45) is 0. The number of carbonyl (C=O) groups is 2. The summed E-state index contributed by atoms with van der Waals surface area (Å²) in [5, 5.41) is 0. The van der Waals surface area contributed by atoms with Gasteiger partial charge in [0.25, 0.3) is 0 Å². The lowest BCUT2D eigenvalue weighted by Gasteiger charge is -2.05. The van der Waals surface area contributed by atoms with Crippen molar-refractivity contribution in [2.24, 2.45) is 5.73 Å². The second-order valence-corrected chi connectivity index (χ2v) is 6.40. The van der Waals surface area contributed by atoms with Crippen LogP contribution in [-0.4, -0.2) is 21.7 Å². The molecule has 3 N–H and O–H groups in total. The number of aromatic amines is 1. The van der Waals surface area contributed by atoms with Crippen molar-refractivity contribution in [2.75, 3.05) is 0 Å². The highest BCUT2D eigenvalue weighted by molar-refractivity contribution is 6.10. The highest BCUT2D eigenvalue weighted by Crippen LogP contribution is 2.23. The number of nitrogens with zero attached hydrogens (tertiary/aromatic N) is 1. The summed E-state index contributed by atoms with van der Waals surface area (Å²) in [5.74, 6) is 0.184. The predicted molar refractivity (Wildman–Crippen MR) is 105 cm³/mol. The SMILES string of the molecule is Cc1ccccc1C(=O)c1ccc(-c2nc3ccc(C(N)=O)cc3[nH]2)cc1. The van der Waals surface area contributed by atoms with Crippen molar-refractivity contribution >= 4 is 22.7 Å². The molecule has 0 saturated heterocycles. The quantitative estimate of drug-likeness (QED) is 0.545. The molecule has 4 aromatic rings. The Morgan fingerprint density at radius 2 is 1.63 bits per heavy atom. The van der Waals surface area contributed by atoms with Crippen molar-refractivity contribution in [1.29, 1.82) is 0 Å². The minimum absolute atomic E-state index is 0.00430. The van der Waals surface area contributed by atoms with Crippen LogP contribution in [-0.2, 0) is 0 Å². The van der Waals surface area contributed by atoms with Crippen LogP contribution in [0.5, 0.6) is 0 Å². The van der Waals surface area contributed by atoms with Gasteiger partial charge in [0.05, 0.1) is 11.0 Å². The van der Waals surface area contributed by atoms with Gasteiger partial charge in [0.15, 0.2) is 5.78 Å². The van der Waals surface area contributed by atoms with Crippen LogP contribution in [0.15, 0.2) is 66.7 Å². The lowest BCUT2D eigenvalue weighted by Crippen LogP contribution is -2.10. The van der Waals surface area contributed by atoms with E-state index in [2.05, 4.69) is 9.97 Å². The molecule has 132 valence electrons. The van der Waals surface area contributed by atoms with Gasteiger partial charge in [0.1, 0.15) is 5.82 Å². The zero-order chi connectivity index (χ0) is 19.0. The lowest BCUT2D eigenvalue weighted by molar-refractivity contribution is 0.0998. The molecular weight excluding hydrogens is 338 g/mol. The van der Waals surface area contributed by atoms with E-state index in [4.69, 9.17) is 5.73 Å². The molecular formula is C22H17N3O2. The van der Waals surface area contributed by atoms with E-state index in [0.717, 1.165) is 22.2 Å². The van der Waals surface area contributed by atoms with E-state index in [9.17, 15) is 9.59 Å². The third-order valence-electron chi connectivity index (χ3n) is 4.58. The molecule has 0 atom stereocenters. The number of imidazole rings is 1. The molecule has 0 saturated carbocycles. The monoisotopic (exact) mass is 355 g/mol. The van der Waals surface area contributed by atoms with Gasteiger partial charge in [0.2, 0.25) is 5.91 Å². The van der Waals surface area contributed by atoms with Crippen LogP contribution in [0.25, 0.3) is 22.4 Å². The number of aromatic nitrogens is 2. The van der Waals surface area contributed by atoms with Crippen LogP contribution >= 0.6 is 0 Å². The fourth-order valence-corrected chi connectivity index (χ4v) is 3.06. The van der Waals surface area contributed by atoms with Gasteiger partial charge in [-0.25, -0.2) is 4.98 Å². The second kappa shape index (κ2) is 6.53. The fraction of sp³-hybridized carbons (Fsp3) is 0.0455. The minimum atomic E-state index is -0.480. The van der Waals surface area contributed by atoms with Crippen molar-refractivity contribution in [3.8, 4) is 11.4 Å². The molecule has 3 aromatic carbocycles. The molecule has 0 aliphatic rings. The van der Waals surface area contributed by atoms with Crippen LogP contribution in [0.2, 0.25) is 0 Å². The van der Waals surface area contributed by atoms with Crippen molar-refractivity contribution in [3.63, 3.8) is 0 Å². The maximum absolute atomic E-state index is 12.7. The number of rotatable bonds is 4. The number of carbonyl (C=O) groups excluding carboxylic acids is 2. The molecule has 27 heavy (non-hydrogen) atoms. The number of primary amides is 1. The van der Waals surface area contributed by atoms with Crippen molar-refractivity contribution in [2.45, 2.75) is 6.92 Å². The molecule has 4 rings (SSSR count). The zero-order valence-corrected chi connectivity index (χ0v) is 14.7. The smallest absolute Gasteiger partial charge is 0.248 e. The molecule has 0 aliphatic heterocycles. The van der Waals surface area contributed by atoms with E-state index in [1.807, 2.05) is 43.3 Å². The van der Waals surface area contributed by atoms with Crippen molar-refractivity contribution in [3.05, 3.63) is 89.0 Å². The maximum Gasteiger partial charge on any atom is 0.248 e. The highest BCUT2D eigenvalue weighted by Gasteiger charge is 2.12. The Hall–Kier alpha value is -3.73. The molecule has 1 heterocycles. The van der Waals surface area contributed by atoms with E-state index < -0.39 is 5.91 Å². The van der Waals surface area contributed by atoms with Crippen LogP contribution in [0.3, 0.4) is 0 Å². The molecule has 0 unspecified atom stereocenters. The Balaban J connectivity index is 1.66. The zero-order valence-electron chi connectivity index (χ0n) is 14.7. The largest absolute Gasteiger partial charge is 0.366 e. The van der Waals surface area contributed by atoms with Gasteiger partial charge in [-0.2, -0.15) is 0 Å². The van der Waals surface area contributed by atoms with E-state index >= 15 is 0 Å². The summed E-state index contributed by atoms with van der Waals surface area (Å²) in [5.41, 5.74) is 10.4. The molecule has 0 bridgehead atoms. The van der Waals surface area contributed by atoms with Gasteiger partial charge >= 0.3 is 0 Å². The van der Waals surface area contributed by atoms with Crippen LogP contribution < -0.4 is 5.73 Å².